The fourth-order valence-electron chi connectivity index (χ4n) is 3.12. The Hall–Kier alpha value is -1.06. The van der Waals surface area contributed by atoms with E-state index in [1.807, 2.05) is 0 Å². The summed E-state index contributed by atoms with van der Waals surface area (Å²) in [5, 5.41) is 2.67. The summed E-state index contributed by atoms with van der Waals surface area (Å²) in [6.45, 7) is 6.76. The van der Waals surface area contributed by atoms with Crippen molar-refractivity contribution in [3.63, 3.8) is 0 Å². The van der Waals surface area contributed by atoms with E-state index >= 15 is 0 Å². The van der Waals surface area contributed by atoms with Crippen LogP contribution in [0.25, 0.3) is 0 Å². The van der Waals surface area contributed by atoms with Gasteiger partial charge in [0.05, 0.1) is 0 Å². The van der Waals surface area contributed by atoms with Crippen LogP contribution in [0.1, 0.15) is 59.3 Å². The van der Waals surface area contributed by atoms with Crippen molar-refractivity contribution in [1.29, 1.82) is 0 Å². The Morgan fingerprint density at radius 1 is 1.42 bits per heavy atom. The SMILES string of the molecule is CC(C)C1(C)CCCC(OC(=O)[C@@H]2CCC(=O)N2)C1. The van der Waals surface area contributed by atoms with Gasteiger partial charge in [-0.1, -0.05) is 20.8 Å². The Morgan fingerprint density at radius 2 is 2.16 bits per heavy atom. The maximum absolute atomic E-state index is 12.0. The Morgan fingerprint density at radius 3 is 2.74 bits per heavy atom. The predicted octanol–water partition coefficient (Wildman–Crippen LogP) is 2.41. The third-order valence-corrected chi connectivity index (χ3v) is 4.92. The lowest BCUT2D eigenvalue weighted by atomic mass is 9.67. The molecule has 108 valence electrons. The average molecular weight is 267 g/mol. The zero-order valence-corrected chi connectivity index (χ0v) is 12.2. The highest BCUT2D eigenvalue weighted by molar-refractivity contribution is 5.88. The zero-order chi connectivity index (χ0) is 14.0. The first-order valence-corrected chi connectivity index (χ1v) is 7.40. The van der Waals surface area contributed by atoms with Crippen molar-refractivity contribution in [3.05, 3.63) is 0 Å². The van der Waals surface area contributed by atoms with Crippen LogP contribution in [0.2, 0.25) is 0 Å². The molecule has 2 fully saturated rings. The van der Waals surface area contributed by atoms with Crippen molar-refractivity contribution < 1.29 is 14.3 Å². The Balaban J connectivity index is 1.88. The standard InChI is InChI=1S/C15H25NO3/c1-10(2)15(3)8-4-5-11(9-15)19-14(18)12-6-7-13(17)16-12/h10-12H,4-9H2,1-3H3,(H,16,17)/t11?,12-,15?/m0/s1. The molecule has 1 saturated carbocycles. The van der Waals surface area contributed by atoms with Crippen molar-refractivity contribution in [3.8, 4) is 0 Å². The van der Waals surface area contributed by atoms with Gasteiger partial charge >= 0.3 is 5.97 Å². The normalized spacial score (nSPS) is 35.3. The average Bonchev–Trinajstić information content (AvgIpc) is 2.76. The number of ether oxygens (including phenoxy) is 1. The van der Waals surface area contributed by atoms with Gasteiger partial charge in [0.25, 0.3) is 0 Å². The summed E-state index contributed by atoms with van der Waals surface area (Å²) in [7, 11) is 0. The van der Waals surface area contributed by atoms with Gasteiger partial charge < -0.3 is 10.1 Å². The van der Waals surface area contributed by atoms with Crippen molar-refractivity contribution in [2.75, 3.05) is 0 Å². The van der Waals surface area contributed by atoms with Crippen LogP contribution in [-0.2, 0) is 14.3 Å². The zero-order valence-electron chi connectivity index (χ0n) is 12.2. The summed E-state index contributed by atoms with van der Waals surface area (Å²) >= 11 is 0. The molecule has 2 aliphatic rings. The first-order chi connectivity index (χ1) is 8.90. The summed E-state index contributed by atoms with van der Waals surface area (Å²) in [6.07, 6.45) is 5.25. The minimum absolute atomic E-state index is 0.0196. The number of rotatable bonds is 3. The number of hydrogen-bond acceptors (Lipinski definition) is 3. The van der Waals surface area contributed by atoms with E-state index in [1.54, 1.807) is 0 Å². The number of amides is 1. The van der Waals surface area contributed by atoms with Crippen LogP contribution in [-0.4, -0.2) is 24.0 Å². The Labute approximate surface area is 115 Å². The first kappa shape index (κ1) is 14.4. The van der Waals surface area contributed by atoms with Gasteiger partial charge in [0.15, 0.2) is 0 Å². The molecule has 4 nitrogen and oxygen atoms in total. The largest absolute Gasteiger partial charge is 0.461 e. The summed E-state index contributed by atoms with van der Waals surface area (Å²) in [4.78, 5) is 23.1. The summed E-state index contributed by atoms with van der Waals surface area (Å²) in [5.74, 6) is 0.307. The molecule has 3 atom stereocenters. The summed E-state index contributed by atoms with van der Waals surface area (Å²) in [5.41, 5.74) is 0.266. The Bertz CT molecular complexity index is 366. The van der Waals surface area contributed by atoms with Crippen molar-refractivity contribution in [2.45, 2.75) is 71.4 Å². The molecule has 1 saturated heterocycles. The van der Waals surface area contributed by atoms with Gasteiger partial charge in [0.2, 0.25) is 5.91 Å². The Kier molecular flexibility index (Phi) is 4.16. The topological polar surface area (TPSA) is 55.4 Å². The quantitative estimate of drug-likeness (QED) is 0.799. The number of carbonyl (C=O) groups excluding carboxylic acids is 2. The maximum Gasteiger partial charge on any atom is 0.328 e. The minimum Gasteiger partial charge on any atom is -0.461 e. The van der Waals surface area contributed by atoms with E-state index in [0.29, 0.717) is 18.8 Å². The maximum atomic E-state index is 12.0. The molecule has 0 aromatic heterocycles. The molecule has 1 aliphatic heterocycles. The van der Waals surface area contributed by atoms with E-state index in [1.165, 1.54) is 6.42 Å². The number of esters is 1. The second-order valence-electron chi connectivity index (χ2n) is 6.62. The molecule has 19 heavy (non-hydrogen) atoms. The number of nitrogens with one attached hydrogen (secondary N) is 1. The van der Waals surface area contributed by atoms with Gasteiger partial charge in [-0.15, -0.1) is 0 Å². The monoisotopic (exact) mass is 267 g/mol. The number of carbonyl (C=O) groups is 2. The molecule has 4 heteroatoms. The molecular formula is C15H25NO3. The van der Waals surface area contributed by atoms with Crippen LogP contribution in [0, 0.1) is 11.3 Å². The molecule has 0 aromatic carbocycles. The van der Waals surface area contributed by atoms with Crippen molar-refractivity contribution >= 4 is 11.9 Å². The van der Waals surface area contributed by atoms with Gasteiger partial charge in [-0.2, -0.15) is 0 Å². The minimum atomic E-state index is -0.417. The number of hydrogen-bond donors (Lipinski definition) is 1. The van der Waals surface area contributed by atoms with Gasteiger partial charge in [0, 0.05) is 6.42 Å². The van der Waals surface area contributed by atoms with Crippen LogP contribution >= 0.6 is 0 Å². The molecule has 1 N–H and O–H groups in total. The lowest BCUT2D eigenvalue weighted by Gasteiger charge is -2.41. The highest BCUT2D eigenvalue weighted by Crippen LogP contribution is 2.42. The molecule has 1 amide bonds. The molecule has 2 unspecified atom stereocenters. The highest BCUT2D eigenvalue weighted by atomic mass is 16.5. The van der Waals surface area contributed by atoms with Crippen molar-refractivity contribution in [2.24, 2.45) is 11.3 Å². The smallest absolute Gasteiger partial charge is 0.328 e. The van der Waals surface area contributed by atoms with Crippen LogP contribution in [0.3, 0.4) is 0 Å². The molecule has 0 bridgehead atoms. The van der Waals surface area contributed by atoms with Crippen LogP contribution in [0.4, 0.5) is 0 Å². The van der Waals surface area contributed by atoms with Gasteiger partial charge in [-0.25, -0.2) is 4.79 Å². The molecule has 1 aliphatic carbocycles. The van der Waals surface area contributed by atoms with E-state index in [0.717, 1.165) is 19.3 Å². The lowest BCUT2D eigenvalue weighted by Crippen LogP contribution is -2.40. The van der Waals surface area contributed by atoms with Gasteiger partial charge in [-0.05, 0) is 43.4 Å². The molecule has 0 aromatic rings. The highest BCUT2D eigenvalue weighted by Gasteiger charge is 2.38. The molecule has 0 radical (unpaired) electrons. The molecule has 1 heterocycles. The van der Waals surface area contributed by atoms with E-state index < -0.39 is 6.04 Å². The predicted molar refractivity (Wildman–Crippen MR) is 72.5 cm³/mol. The first-order valence-electron chi connectivity index (χ1n) is 7.40. The fraction of sp³-hybridized carbons (Fsp3) is 0.867. The van der Waals surface area contributed by atoms with E-state index in [2.05, 4.69) is 26.1 Å². The summed E-state index contributed by atoms with van der Waals surface area (Å²) in [6, 6.07) is -0.417. The fourth-order valence-corrected chi connectivity index (χ4v) is 3.12. The third kappa shape index (κ3) is 3.28. The second-order valence-corrected chi connectivity index (χ2v) is 6.62. The van der Waals surface area contributed by atoms with Crippen LogP contribution in [0.15, 0.2) is 0 Å². The van der Waals surface area contributed by atoms with Crippen LogP contribution in [0.5, 0.6) is 0 Å². The van der Waals surface area contributed by atoms with Crippen molar-refractivity contribution in [1.82, 2.24) is 5.32 Å². The van der Waals surface area contributed by atoms with E-state index in [9.17, 15) is 9.59 Å². The van der Waals surface area contributed by atoms with Gasteiger partial charge in [0.1, 0.15) is 12.1 Å². The summed E-state index contributed by atoms with van der Waals surface area (Å²) < 4.78 is 5.62. The lowest BCUT2D eigenvalue weighted by molar-refractivity contribution is -0.156. The van der Waals surface area contributed by atoms with Crippen LogP contribution < -0.4 is 5.32 Å². The second kappa shape index (κ2) is 5.51. The molecule has 2 rings (SSSR count). The van der Waals surface area contributed by atoms with Gasteiger partial charge in [-0.3, -0.25) is 4.79 Å². The molecule has 0 spiro atoms. The van der Waals surface area contributed by atoms with E-state index in [-0.39, 0.29) is 23.4 Å². The third-order valence-electron chi connectivity index (χ3n) is 4.92. The molecular weight excluding hydrogens is 242 g/mol. The van der Waals surface area contributed by atoms with E-state index in [4.69, 9.17) is 4.74 Å².